The molecule has 2 aliphatic heterocycles. The van der Waals surface area contributed by atoms with Gasteiger partial charge >= 0.3 is 0 Å². The van der Waals surface area contributed by atoms with Gasteiger partial charge in [0.05, 0.1) is 18.4 Å². The number of amidine groups is 1. The fourth-order valence-corrected chi connectivity index (χ4v) is 3.86. The summed E-state index contributed by atoms with van der Waals surface area (Å²) >= 11 is 0. The Bertz CT molecular complexity index is 796. The fourth-order valence-electron chi connectivity index (χ4n) is 3.86. The van der Waals surface area contributed by atoms with E-state index in [1.807, 2.05) is 4.90 Å². The molecule has 1 atom stereocenters. The third-order valence-corrected chi connectivity index (χ3v) is 5.51. The van der Waals surface area contributed by atoms with E-state index in [1.54, 1.807) is 12.1 Å². The highest BCUT2D eigenvalue weighted by molar-refractivity contribution is 6.10. The van der Waals surface area contributed by atoms with Gasteiger partial charge in [0.1, 0.15) is 0 Å². The van der Waals surface area contributed by atoms with Gasteiger partial charge in [-0.05, 0) is 37.5 Å². The molecule has 1 saturated heterocycles. The smallest absolute Gasteiger partial charge is 0.198 e. The van der Waals surface area contributed by atoms with Crippen molar-refractivity contribution in [2.75, 3.05) is 19.8 Å². The molecule has 3 N–H and O–H groups in total. The van der Waals surface area contributed by atoms with Crippen molar-refractivity contribution in [3.05, 3.63) is 29.6 Å². The lowest BCUT2D eigenvalue weighted by atomic mass is 10.1. The van der Waals surface area contributed by atoms with Crippen LogP contribution in [0, 0.1) is 11.2 Å². The standard InChI is InChI=1S/C22H32FN5O2/c1-2-3-4-5-6-7-13-29-20-11-10-16(14-17(20)23)21-26-18(15-30-27-21)19-9-8-12-28(19)22(24)25/h10-11,14,19H,2-9,12-13,15H2,1H3,(H3,24,25)/t19-/m0/s1. The number of oxime groups is 1. The number of nitrogens with two attached hydrogens (primary N) is 1. The number of benzene rings is 1. The largest absolute Gasteiger partial charge is 0.491 e. The molecule has 7 nitrogen and oxygen atoms in total. The topological polar surface area (TPSA) is 96.3 Å². The molecule has 30 heavy (non-hydrogen) atoms. The number of unbranched alkanes of at least 4 members (excludes halogenated alkanes) is 5. The lowest BCUT2D eigenvalue weighted by molar-refractivity contribution is 0.176. The van der Waals surface area contributed by atoms with Crippen molar-refractivity contribution >= 4 is 17.5 Å². The molecule has 0 radical (unpaired) electrons. The molecule has 0 saturated carbocycles. The zero-order chi connectivity index (χ0) is 21.3. The number of nitrogens with zero attached hydrogens (tertiary/aromatic N) is 3. The Balaban J connectivity index is 1.58. The average Bonchev–Trinajstić information content (AvgIpc) is 3.24. The van der Waals surface area contributed by atoms with Crippen LogP contribution in [0.3, 0.4) is 0 Å². The third kappa shape index (κ3) is 5.70. The number of hydrogen-bond acceptors (Lipinski definition) is 5. The van der Waals surface area contributed by atoms with E-state index in [0.717, 1.165) is 37.9 Å². The summed E-state index contributed by atoms with van der Waals surface area (Å²) in [7, 11) is 0. The Morgan fingerprint density at radius 2 is 2.10 bits per heavy atom. The summed E-state index contributed by atoms with van der Waals surface area (Å²) in [6, 6.07) is 4.66. The van der Waals surface area contributed by atoms with Gasteiger partial charge in [0, 0.05) is 12.1 Å². The molecule has 0 bridgehead atoms. The number of ether oxygens (including phenoxy) is 1. The molecular weight excluding hydrogens is 385 g/mol. The highest BCUT2D eigenvalue weighted by Gasteiger charge is 2.31. The molecule has 1 aromatic rings. The quantitative estimate of drug-likeness (QED) is 0.341. The second kappa shape index (κ2) is 10.9. The van der Waals surface area contributed by atoms with Crippen molar-refractivity contribution in [3.63, 3.8) is 0 Å². The van der Waals surface area contributed by atoms with Gasteiger partial charge in [-0.3, -0.25) is 5.41 Å². The van der Waals surface area contributed by atoms with Crippen LogP contribution in [0.15, 0.2) is 28.3 Å². The van der Waals surface area contributed by atoms with Gasteiger partial charge in [0.2, 0.25) is 0 Å². The number of nitrogens with one attached hydrogen (secondary N) is 1. The van der Waals surface area contributed by atoms with Crippen LogP contribution in [0.4, 0.5) is 4.39 Å². The van der Waals surface area contributed by atoms with Gasteiger partial charge in [-0.25, -0.2) is 9.38 Å². The Labute approximate surface area is 177 Å². The van der Waals surface area contributed by atoms with E-state index in [2.05, 4.69) is 17.1 Å². The Kier molecular flexibility index (Phi) is 8.04. The van der Waals surface area contributed by atoms with Crippen molar-refractivity contribution in [2.24, 2.45) is 15.9 Å². The summed E-state index contributed by atoms with van der Waals surface area (Å²) in [5.74, 6) is 0.164. The van der Waals surface area contributed by atoms with Gasteiger partial charge in [-0.1, -0.05) is 44.2 Å². The van der Waals surface area contributed by atoms with Crippen molar-refractivity contribution in [3.8, 4) is 5.75 Å². The molecule has 1 aromatic carbocycles. The van der Waals surface area contributed by atoms with Crippen LogP contribution in [-0.4, -0.2) is 48.2 Å². The molecule has 0 unspecified atom stereocenters. The lowest BCUT2D eigenvalue weighted by Crippen LogP contribution is -2.45. The first-order valence-electron chi connectivity index (χ1n) is 10.9. The first-order chi connectivity index (χ1) is 14.6. The number of rotatable bonds is 10. The molecule has 0 spiro atoms. The molecule has 0 aliphatic carbocycles. The van der Waals surface area contributed by atoms with E-state index < -0.39 is 5.82 Å². The zero-order valence-corrected chi connectivity index (χ0v) is 17.7. The summed E-state index contributed by atoms with van der Waals surface area (Å²) in [4.78, 5) is 11.7. The third-order valence-electron chi connectivity index (χ3n) is 5.51. The van der Waals surface area contributed by atoms with Crippen LogP contribution in [0.5, 0.6) is 5.75 Å². The summed E-state index contributed by atoms with van der Waals surface area (Å²) < 4.78 is 20.1. The Morgan fingerprint density at radius 1 is 1.30 bits per heavy atom. The van der Waals surface area contributed by atoms with E-state index in [9.17, 15) is 4.39 Å². The van der Waals surface area contributed by atoms with E-state index in [-0.39, 0.29) is 24.4 Å². The molecule has 8 heteroatoms. The van der Waals surface area contributed by atoms with Gasteiger partial charge in [-0.15, -0.1) is 0 Å². The first kappa shape index (κ1) is 22.1. The van der Waals surface area contributed by atoms with E-state index in [1.165, 1.54) is 31.7 Å². The predicted molar refractivity (Wildman–Crippen MR) is 117 cm³/mol. The van der Waals surface area contributed by atoms with Crippen molar-refractivity contribution < 1.29 is 14.0 Å². The van der Waals surface area contributed by atoms with E-state index >= 15 is 0 Å². The summed E-state index contributed by atoms with van der Waals surface area (Å²) in [5, 5.41) is 11.7. The number of halogens is 1. The second-order valence-corrected chi connectivity index (χ2v) is 7.79. The number of aliphatic imine (C=N–C) groups is 1. The molecule has 2 heterocycles. The van der Waals surface area contributed by atoms with Crippen LogP contribution in [0.2, 0.25) is 0 Å². The van der Waals surface area contributed by atoms with Gasteiger partial charge in [0.25, 0.3) is 0 Å². The highest BCUT2D eigenvalue weighted by atomic mass is 19.1. The SMILES string of the molecule is CCCCCCCCOc1ccc(C2=NOCC([C@@H]3CCCN3C(=N)N)=N2)cc1F. The molecule has 0 aromatic heterocycles. The highest BCUT2D eigenvalue weighted by Crippen LogP contribution is 2.23. The number of likely N-dealkylation sites (tertiary alicyclic amines) is 1. The molecular formula is C22H32FN5O2. The van der Waals surface area contributed by atoms with Crippen LogP contribution >= 0.6 is 0 Å². The van der Waals surface area contributed by atoms with Crippen molar-refractivity contribution in [2.45, 2.75) is 64.3 Å². The monoisotopic (exact) mass is 417 g/mol. The van der Waals surface area contributed by atoms with Gasteiger partial charge < -0.3 is 20.2 Å². The maximum Gasteiger partial charge on any atom is 0.198 e. The number of hydrogen-bond donors (Lipinski definition) is 2. The maximum absolute atomic E-state index is 14.5. The van der Waals surface area contributed by atoms with Gasteiger partial charge in [-0.2, -0.15) is 0 Å². The summed E-state index contributed by atoms with van der Waals surface area (Å²) in [6.07, 6.45) is 8.76. The first-order valence-corrected chi connectivity index (χ1v) is 10.9. The minimum absolute atomic E-state index is 0.0298. The molecule has 0 amide bonds. The average molecular weight is 418 g/mol. The Hall–Kier alpha value is -2.64. The predicted octanol–water partition coefficient (Wildman–Crippen LogP) is 4.06. The fraction of sp³-hybridized carbons (Fsp3) is 0.591. The molecule has 2 aliphatic rings. The zero-order valence-electron chi connectivity index (χ0n) is 17.7. The van der Waals surface area contributed by atoms with Crippen LogP contribution in [0.1, 0.15) is 63.9 Å². The molecule has 3 rings (SSSR count). The van der Waals surface area contributed by atoms with Crippen molar-refractivity contribution in [1.29, 1.82) is 5.41 Å². The van der Waals surface area contributed by atoms with Crippen LogP contribution in [0.25, 0.3) is 0 Å². The summed E-state index contributed by atoms with van der Waals surface area (Å²) in [5.41, 5.74) is 6.97. The maximum atomic E-state index is 14.5. The van der Waals surface area contributed by atoms with Crippen molar-refractivity contribution in [1.82, 2.24) is 4.90 Å². The van der Waals surface area contributed by atoms with Crippen LogP contribution in [-0.2, 0) is 4.84 Å². The van der Waals surface area contributed by atoms with E-state index in [0.29, 0.717) is 18.0 Å². The summed E-state index contributed by atoms with van der Waals surface area (Å²) in [6.45, 7) is 3.68. The molecule has 1 fully saturated rings. The second-order valence-electron chi connectivity index (χ2n) is 7.79. The van der Waals surface area contributed by atoms with Gasteiger partial charge in [0.15, 0.2) is 30.0 Å². The minimum atomic E-state index is -0.435. The minimum Gasteiger partial charge on any atom is -0.491 e. The normalized spacial score (nSPS) is 18.6. The van der Waals surface area contributed by atoms with E-state index in [4.69, 9.17) is 20.7 Å². The Morgan fingerprint density at radius 3 is 2.87 bits per heavy atom. The van der Waals surface area contributed by atoms with Crippen LogP contribution < -0.4 is 10.5 Å². The number of guanidine groups is 1. The lowest BCUT2D eigenvalue weighted by Gasteiger charge is -2.26. The molecule has 164 valence electrons.